The molecule has 2 aromatic rings. The molecule has 0 radical (unpaired) electrons. The summed E-state index contributed by atoms with van der Waals surface area (Å²) in [5.41, 5.74) is 3.38. The number of aliphatic hydroxyl groups excluding tert-OH is 1. The molecule has 6 nitrogen and oxygen atoms in total. The molecule has 27 heavy (non-hydrogen) atoms. The predicted molar refractivity (Wildman–Crippen MR) is 101 cm³/mol. The van der Waals surface area contributed by atoms with E-state index in [0.29, 0.717) is 25.3 Å². The van der Waals surface area contributed by atoms with Gasteiger partial charge in [-0.3, -0.25) is 9.48 Å². The zero-order valence-corrected chi connectivity index (χ0v) is 16.2. The van der Waals surface area contributed by atoms with E-state index in [4.69, 9.17) is 4.74 Å². The molecule has 1 amide bonds. The molecule has 144 valence electrons. The molecule has 0 saturated heterocycles. The maximum atomic E-state index is 13.1. The Hall–Kier alpha value is -2.34. The number of ether oxygens (including phenoxy) is 1. The molecule has 2 aliphatic rings. The maximum Gasteiger partial charge on any atom is 0.266 e. The lowest BCUT2D eigenvalue weighted by molar-refractivity contribution is -0.147. The van der Waals surface area contributed by atoms with E-state index in [-0.39, 0.29) is 5.91 Å². The van der Waals surface area contributed by atoms with Gasteiger partial charge in [0.25, 0.3) is 5.91 Å². The van der Waals surface area contributed by atoms with E-state index in [0.717, 1.165) is 24.3 Å². The van der Waals surface area contributed by atoms with E-state index < -0.39 is 11.7 Å². The lowest BCUT2D eigenvalue weighted by Gasteiger charge is -2.34. The quantitative estimate of drug-likeness (QED) is 0.900. The predicted octanol–water partition coefficient (Wildman–Crippen LogP) is 2.62. The topological polar surface area (TPSA) is 67.6 Å². The Bertz CT molecular complexity index is 870. The van der Waals surface area contributed by atoms with Crippen LogP contribution in [0.3, 0.4) is 0 Å². The molecule has 1 aliphatic carbocycles. The van der Waals surface area contributed by atoms with Crippen molar-refractivity contribution in [2.24, 2.45) is 0 Å². The third kappa shape index (κ3) is 3.46. The van der Waals surface area contributed by atoms with Crippen LogP contribution in [0.4, 0.5) is 0 Å². The minimum Gasteiger partial charge on any atom is -0.478 e. The van der Waals surface area contributed by atoms with Crippen LogP contribution >= 0.6 is 0 Å². The van der Waals surface area contributed by atoms with Crippen LogP contribution in [-0.4, -0.2) is 37.8 Å². The first kappa shape index (κ1) is 18.0. The van der Waals surface area contributed by atoms with Gasteiger partial charge in [-0.2, -0.15) is 5.10 Å². The van der Waals surface area contributed by atoms with Crippen LogP contribution in [0.2, 0.25) is 0 Å². The third-order valence-electron chi connectivity index (χ3n) is 5.49. The standard InChI is InChI=1S/C21H27N3O3/c1-14(25)19-12-17-13-23(9-10-24(17)22-19)20(26)21(2,3)27-18-8-7-15-5-4-6-16(15)11-18/h7-8,11-12,14,25H,4-6,9-10,13H2,1-3H3/t14-/m0/s1. The number of aromatic nitrogens is 2. The summed E-state index contributed by atoms with van der Waals surface area (Å²) in [4.78, 5) is 14.9. The number of amides is 1. The van der Waals surface area contributed by atoms with E-state index in [1.54, 1.807) is 6.92 Å². The maximum absolute atomic E-state index is 13.1. The summed E-state index contributed by atoms with van der Waals surface area (Å²) in [6, 6.07) is 8.05. The van der Waals surface area contributed by atoms with Gasteiger partial charge in [-0.1, -0.05) is 6.07 Å². The molecule has 2 heterocycles. The number of nitrogens with zero attached hydrogens (tertiary/aromatic N) is 3. The van der Waals surface area contributed by atoms with Crippen molar-refractivity contribution in [2.45, 2.75) is 64.8 Å². The summed E-state index contributed by atoms with van der Waals surface area (Å²) in [7, 11) is 0. The molecule has 1 aromatic heterocycles. The van der Waals surface area contributed by atoms with Crippen molar-refractivity contribution in [1.29, 1.82) is 0 Å². The van der Waals surface area contributed by atoms with Crippen LogP contribution < -0.4 is 4.74 Å². The lowest BCUT2D eigenvalue weighted by Crippen LogP contribution is -2.51. The van der Waals surface area contributed by atoms with Crippen LogP contribution in [0.1, 0.15) is 55.8 Å². The second-order valence-corrected chi connectivity index (χ2v) is 8.08. The van der Waals surface area contributed by atoms with E-state index in [1.807, 2.05) is 35.6 Å². The Balaban J connectivity index is 1.48. The van der Waals surface area contributed by atoms with Crippen LogP contribution in [-0.2, 0) is 30.7 Å². The number of carbonyl (C=O) groups excluding carboxylic acids is 1. The van der Waals surface area contributed by atoms with Crippen LogP contribution in [0, 0.1) is 0 Å². The van der Waals surface area contributed by atoms with Crippen molar-refractivity contribution in [3.63, 3.8) is 0 Å². The zero-order chi connectivity index (χ0) is 19.2. The van der Waals surface area contributed by atoms with Crippen molar-refractivity contribution in [3.8, 4) is 5.75 Å². The highest BCUT2D eigenvalue weighted by atomic mass is 16.5. The fraction of sp³-hybridized carbons (Fsp3) is 0.524. The molecule has 1 aliphatic heterocycles. The molecule has 1 atom stereocenters. The number of hydrogen-bond donors (Lipinski definition) is 1. The van der Waals surface area contributed by atoms with Crippen molar-refractivity contribution in [3.05, 3.63) is 46.8 Å². The molecule has 0 saturated carbocycles. The second-order valence-electron chi connectivity index (χ2n) is 8.08. The molecular weight excluding hydrogens is 342 g/mol. The number of rotatable bonds is 4. The van der Waals surface area contributed by atoms with Gasteiger partial charge in [-0.25, -0.2) is 0 Å². The summed E-state index contributed by atoms with van der Waals surface area (Å²) in [5.74, 6) is 0.724. The first-order valence-corrected chi connectivity index (χ1v) is 9.68. The number of fused-ring (bicyclic) bond motifs is 2. The summed E-state index contributed by atoms with van der Waals surface area (Å²) < 4.78 is 8.00. The van der Waals surface area contributed by atoms with E-state index >= 15 is 0 Å². The molecular formula is C21H27N3O3. The lowest BCUT2D eigenvalue weighted by atomic mass is 10.1. The highest BCUT2D eigenvalue weighted by Crippen LogP contribution is 2.29. The highest BCUT2D eigenvalue weighted by molar-refractivity contribution is 5.85. The van der Waals surface area contributed by atoms with Crippen LogP contribution in [0.15, 0.2) is 24.3 Å². The minimum atomic E-state index is -0.942. The first-order chi connectivity index (χ1) is 12.8. The van der Waals surface area contributed by atoms with Crippen LogP contribution in [0.25, 0.3) is 0 Å². The van der Waals surface area contributed by atoms with Gasteiger partial charge < -0.3 is 14.7 Å². The molecule has 0 unspecified atom stereocenters. The largest absolute Gasteiger partial charge is 0.478 e. The van der Waals surface area contributed by atoms with Gasteiger partial charge in [0.2, 0.25) is 0 Å². The second kappa shape index (κ2) is 6.68. The molecule has 1 N–H and O–H groups in total. The summed E-state index contributed by atoms with van der Waals surface area (Å²) in [5, 5.41) is 14.1. The summed E-state index contributed by atoms with van der Waals surface area (Å²) >= 11 is 0. The Morgan fingerprint density at radius 3 is 2.78 bits per heavy atom. The van der Waals surface area contributed by atoms with Crippen molar-refractivity contribution in [2.75, 3.05) is 6.54 Å². The first-order valence-electron chi connectivity index (χ1n) is 9.68. The number of aryl methyl sites for hydroxylation is 2. The third-order valence-corrected chi connectivity index (χ3v) is 5.49. The molecule has 1 aromatic carbocycles. The van der Waals surface area contributed by atoms with Crippen molar-refractivity contribution in [1.82, 2.24) is 14.7 Å². The number of hydrogen-bond acceptors (Lipinski definition) is 4. The molecule has 4 rings (SSSR count). The Kier molecular flexibility index (Phi) is 4.46. The highest BCUT2D eigenvalue weighted by Gasteiger charge is 2.36. The fourth-order valence-electron chi connectivity index (χ4n) is 4.00. The fourth-order valence-corrected chi connectivity index (χ4v) is 4.00. The summed E-state index contributed by atoms with van der Waals surface area (Å²) in [6.45, 7) is 7.05. The van der Waals surface area contributed by atoms with E-state index in [2.05, 4.69) is 17.2 Å². The molecule has 0 fully saturated rings. The van der Waals surface area contributed by atoms with Crippen molar-refractivity contribution < 1.29 is 14.6 Å². The number of aliphatic hydroxyl groups is 1. The van der Waals surface area contributed by atoms with Gasteiger partial charge in [-0.05, 0) is 69.4 Å². The van der Waals surface area contributed by atoms with Gasteiger partial charge in [0.15, 0.2) is 5.60 Å². The van der Waals surface area contributed by atoms with Gasteiger partial charge in [0.05, 0.1) is 30.6 Å². The normalized spacial score (nSPS) is 17.4. The molecule has 0 bridgehead atoms. The van der Waals surface area contributed by atoms with E-state index in [9.17, 15) is 9.90 Å². The van der Waals surface area contributed by atoms with Gasteiger partial charge in [0, 0.05) is 6.54 Å². The zero-order valence-electron chi connectivity index (χ0n) is 16.2. The monoisotopic (exact) mass is 369 g/mol. The Morgan fingerprint density at radius 2 is 2.00 bits per heavy atom. The number of carbonyl (C=O) groups is 1. The molecule has 6 heteroatoms. The average molecular weight is 369 g/mol. The average Bonchev–Trinajstić information content (AvgIpc) is 3.26. The molecule has 0 spiro atoms. The smallest absolute Gasteiger partial charge is 0.266 e. The SMILES string of the molecule is C[C@H](O)c1cc2n(n1)CCN(C(=O)C(C)(C)Oc1ccc3c(c1)CCC3)C2. The van der Waals surface area contributed by atoms with Gasteiger partial charge >= 0.3 is 0 Å². The van der Waals surface area contributed by atoms with Gasteiger partial charge in [0.1, 0.15) is 5.75 Å². The van der Waals surface area contributed by atoms with Crippen LogP contribution in [0.5, 0.6) is 5.75 Å². The van der Waals surface area contributed by atoms with Gasteiger partial charge in [-0.15, -0.1) is 0 Å². The van der Waals surface area contributed by atoms with Crippen molar-refractivity contribution >= 4 is 5.91 Å². The Labute approximate surface area is 159 Å². The number of benzene rings is 1. The Morgan fingerprint density at radius 1 is 1.22 bits per heavy atom. The summed E-state index contributed by atoms with van der Waals surface area (Å²) in [6.07, 6.45) is 2.81. The minimum absolute atomic E-state index is 0.0333. The van der Waals surface area contributed by atoms with E-state index in [1.165, 1.54) is 17.5 Å².